The Morgan fingerprint density at radius 3 is 2.50 bits per heavy atom. The van der Waals surface area contributed by atoms with Gasteiger partial charge in [0.05, 0.1) is 5.92 Å². The topological polar surface area (TPSA) is 68.6 Å². The molecule has 0 bridgehead atoms. The summed E-state index contributed by atoms with van der Waals surface area (Å²) in [4.78, 5) is 38.5. The summed E-state index contributed by atoms with van der Waals surface area (Å²) < 4.78 is 6.87. The number of ether oxygens (including phenoxy) is 1. The smallest absolute Gasteiger partial charge is 0.311 e. The first-order valence-corrected chi connectivity index (χ1v) is 8.29. The Kier molecular flexibility index (Phi) is 5.16. The molecule has 0 N–H and O–H groups in total. The van der Waals surface area contributed by atoms with E-state index in [9.17, 15) is 14.4 Å². The molecule has 1 aromatic rings. The van der Waals surface area contributed by atoms with Crippen molar-refractivity contribution in [3.63, 3.8) is 0 Å². The number of carbonyl (C=O) groups is 2. The van der Waals surface area contributed by atoms with Gasteiger partial charge in [-0.25, -0.2) is 0 Å². The van der Waals surface area contributed by atoms with Gasteiger partial charge in [0.1, 0.15) is 5.60 Å². The van der Waals surface area contributed by atoms with Gasteiger partial charge in [-0.3, -0.25) is 14.4 Å². The molecular formula is C18H26N2O4. The molecule has 2 heterocycles. The Morgan fingerprint density at radius 1 is 1.25 bits per heavy atom. The summed E-state index contributed by atoms with van der Waals surface area (Å²) in [6.45, 7) is 7.78. The summed E-state index contributed by atoms with van der Waals surface area (Å²) in [5.41, 5.74) is -0.412. The van der Waals surface area contributed by atoms with Crippen LogP contribution in [-0.4, -0.2) is 39.5 Å². The number of nitrogens with zero attached hydrogens (tertiary/aromatic N) is 2. The van der Waals surface area contributed by atoms with Crippen LogP contribution in [0, 0.1) is 5.92 Å². The number of pyridine rings is 1. The van der Waals surface area contributed by atoms with Gasteiger partial charge in [0.25, 0.3) is 11.5 Å². The van der Waals surface area contributed by atoms with Crippen LogP contribution in [0.25, 0.3) is 0 Å². The van der Waals surface area contributed by atoms with E-state index >= 15 is 0 Å². The predicted octanol–water partition coefficient (Wildman–Crippen LogP) is 1.97. The quantitative estimate of drug-likeness (QED) is 0.776. The largest absolute Gasteiger partial charge is 0.460 e. The minimum atomic E-state index is -0.541. The van der Waals surface area contributed by atoms with Crippen molar-refractivity contribution in [2.45, 2.75) is 52.2 Å². The zero-order valence-electron chi connectivity index (χ0n) is 15.0. The zero-order chi connectivity index (χ0) is 18.1. The zero-order valence-corrected chi connectivity index (χ0v) is 15.0. The molecule has 2 atom stereocenters. The molecule has 1 aliphatic heterocycles. The summed E-state index contributed by atoms with van der Waals surface area (Å²) in [5.74, 6) is -0.805. The summed E-state index contributed by atoms with van der Waals surface area (Å²) in [6.07, 6.45) is 3.02. The lowest BCUT2D eigenvalue weighted by Crippen LogP contribution is -2.48. The summed E-state index contributed by atoms with van der Waals surface area (Å²) in [5, 5.41) is 0. The normalized spacial score (nSPS) is 21.5. The molecule has 1 saturated heterocycles. The van der Waals surface area contributed by atoms with Crippen LogP contribution in [0.15, 0.2) is 23.1 Å². The Hall–Kier alpha value is -2.11. The number of hydrogen-bond donors (Lipinski definition) is 0. The van der Waals surface area contributed by atoms with Crippen molar-refractivity contribution < 1.29 is 14.3 Å². The van der Waals surface area contributed by atoms with Crippen LogP contribution in [0.4, 0.5) is 0 Å². The highest BCUT2D eigenvalue weighted by molar-refractivity contribution is 5.94. The highest BCUT2D eigenvalue weighted by atomic mass is 16.6. The maximum absolute atomic E-state index is 12.8. The summed E-state index contributed by atoms with van der Waals surface area (Å²) in [7, 11) is 1.64. The third kappa shape index (κ3) is 4.24. The van der Waals surface area contributed by atoms with Crippen molar-refractivity contribution >= 4 is 11.9 Å². The number of aryl methyl sites for hydroxylation is 1. The van der Waals surface area contributed by atoms with Crippen LogP contribution >= 0.6 is 0 Å². The maximum Gasteiger partial charge on any atom is 0.311 e. The van der Waals surface area contributed by atoms with E-state index in [1.165, 1.54) is 10.6 Å². The van der Waals surface area contributed by atoms with E-state index in [0.717, 1.165) is 6.42 Å². The third-order valence-electron chi connectivity index (χ3n) is 4.23. The number of esters is 1. The molecule has 2 rings (SSSR count). The van der Waals surface area contributed by atoms with E-state index in [1.807, 2.05) is 27.7 Å². The number of hydrogen-bond acceptors (Lipinski definition) is 4. The average Bonchev–Trinajstić information content (AvgIpc) is 2.48. The first-order chi connectivity index (χ1) is 11.1. The van der Waals surface area contributed by atoms with Crippen LogP contribution in [0.2, 0.25) is 0 Å². The van der Waals surface area contributed by atoms with Crippen molar-refractivity contribution in [3.8, 4) is 0 Å². The summed E-state index contributed by atoms with van der Waals surface area (Å²) in [6, 6.07) is 3.00. The minimum absolute atomic E-state index is 0.0280. The highest BCUT2D eigenvalue weighted by Crippen LogP contribution is 2.26. The molecule has 132 valence electrons. The van der Waals surface area contributed by atoms with Gasteiger partial charge in [-0.15, -0.1) is 0 Å². The molecule has 1 fully saturated rings. The average molecular weight is 334 g/mol. The molecule has 1 aliphatic rings. The Labute approximate surface area is 142 Å². The number of rotatable bonds is 2. The number of aromatic nitrogens is 1. The van der Waals surface area contributed by atoms with E-state index in [2.05, 4.69) is 0 Å². The van der Waals surface area contributed by atoms with Gasteiger partial charge in [0.2, 0.25) is 0 Å². The minimum Gasteiger partial charge on any atom is -0.460 e. The monoisotopic (exact) mass is 334 g/mol. The van der Waals surface area contributed by atoms with Crippen LogP contribution in [0.5, 0.6) is 0 Å². The van der Waals surface area contributed by atoms with Crippen molar-refractivity contribution in [3.05, 3.63) is 34.2 Å². The van der Waals surface area contributed by atoms with Gasteiger partial charge in [0, 0.05) is 37.5 Å². The lowest BCUT2D eigenvalue weighted by Gasteiger charge is -2.38. The molecule has 24 heavy (non-hydrogen) atoms. The van der Waals surface area contributed by atoms with Crippen molar-refractivity contribution in [1.82, 2.24) is 9.47 Å². The lowest BCUT2D eigenvalue weighted by molar-refractivity contribution is -0.161. The fourth-order valence-corrected chi connectivity index (χ4v) is 2.81. The van der Waals surface area contributed by atoms with Crippen LogP contribution < -0.4 is 5.56 Å². The first-order valence-electron chi connectivity index (χ1n) is 8.29. The molecule has 0 radical (unpaired) electrons. The van der Waals surface area contributed by atoms with Gasteiger partial charge in [-0.2, -0.15) is 0 Å². The van der Waals surface area contributed by atoms with E-state index < -0.39 is 5.60 Å². The second kappa shape index (κ2) is 6.79. The van der Waals surface area contributed by atoms with E-state index in [1.54, 1.807) is 24.2 Å². The van der Waals surface area contributed by atoms with Crippen molar-refractivity contribution in [1.29, 1.82) is 0 Å². The Morgan fingerprint density at radius 2 is 1.92 bits per heavy atom. The molecule has 6 heteroatoms. The van der Waals surface area contributed by atoms with E-state index in [0.29, 0.717) is 18.5 Å². The molecule has 6 nitrogen and oxygen atoms in total. The van der Waals surface area contributed by atoms with Gasteiger partial charge in [0.15, 0.2) is 0 Å². The molecule has 0 aliphatic carbocycles. The van der Waals surface area contributed by atoms with Crippen LogP contribution in [0.3, 0.4) is 0 Å². The molecular weight excluding hydrogens is 308 g/mol. The lowest BCUT2D eigenvalue weighted by atomic mass is 9.92. The number of amides is 1. The van der Waals surface area contributed by atoms with Gasteiger partial charge < -0.3 is 14.2 Å². The molecule has 1 amide bonds. The van der Waals surface area contributed by atoms with Crippen LogP contribution in [0.1, 0.15) is 50.9 Å². The Bertz CT molecular complexity index is 687. The van der Waals surface area contributed by atoms with Gasteiger partial charge in [-0.1, -0.05) is 0 Å². The third-order valence-corrected chi connectivity index (χ3v) is 4.23. The first kappa shape index (κ1) is 18.2. The summed E-state index contributed by atoms with van der Waals surface area (Å²) >= 11 is 0. The van der Waals surface area contributed by atoms with E-state index in [-0.39, 0.29) is 29.4 Å². The van der Waals surface area contributed by atoms with Crippen molar-refractivity contribution in [2.24, 2.45) is 13.0 Å². The number of piperidine rings is 1. The van der Waals surface area contributed by atoms with Crippen LogP contribution in [-0.2, 0) is 16.6 Å². The standard InChI is InChI=1S/C18H26N2O4/c1-12-6-7-14(17(23)24-18(2,3)4)11-20(12)16(22)13-8-9-19(5)15(21)10-13/h8-10,12,14H,6-7,11H2,1-5H3/t12-,14-/m0/s1. The number of carbonyl (C=O) groups excluding carboxylic acids is 2. The fourth-order valence-electron chi connectivity index (χ4n) is 2.81. The molecule has 0 unspecified atom stereocenters. The van der Waals surface area contributed by atoms with Crippen molar-refractivity contribution in [2.75, 3.05) is 6.54 Å². The highest BCUT2D eigenvalue weighted by Gasteiger charge is 2.35. The Balaban J connectivity index is 2.15. The van der Waals surface area contributed by atoms with E-state index in [4.69, 9.17) is 4.74 Å². The SMILES string of the molecule is C[C@H]1CC[C@H](C(=O)OC(C)(C)C)CN1C(=O)c1ccn(C)c(=O)c1. The fraction of sp³-hybridized carbons (Fsp3) is 0.611. The molecule has 1 aromatic heterocycles. The maximum atomic E-state index is 12.8. The molecule has 0 spiro atoms. The van der Waals surface area contributed by atoms with Gasteiger partial charge in [-0.05, 0) is 46.6 Å². The second-order valence-electron chi connectivity index (χ2n) is 7.48. The molecule has 0 saturated carbocycles. The van der Waals surface area contributed by atoms with Gasteiger partial charge >= 0.3 is 5.97 Å². The second-order valence-corrected chi connectivity index (χ2v) is 7.48. The number of likely N-dealkylation sites (tertiary alicyclic amines) is 1. The molecule has 0 aromatic carbocycles. The predicted molar refractivity (Wildman–Crippen MR) is 90.8 cm³/mol.